The number of aliphatic hydroxyl groups is 1. The van der Waals surface area contributed by atoms with Gasteiger partial charge in [-0.1, -0.05) is 15.9 Å². The van der Waals surface area contributed by atoms with Crippen LogP contribution in [0, 0.1) is 0 Å². The number of benzene rings is 1. The van der Waals surface area contributed by atoms with E-state index >= 15 is 0 Å². The van der Waals surface area contributed by atoms with Crippen LogP contribution >= 0.6 is 27.7 Å². The van der Waals surface area contributed by atoms with E-state index < -0.39 is 6.10 Å². The Morgan fingerprint density at radius 2 is 2.24 bits per heavy atom. The molecule has 0 bridgehead atoms. The van der Waals surface area contributed by atoms with Crippen molar-refractivity contribution in [3.05, 3.63) is 28.7 Å². The molecule has 2 rings (SSSR count). The second-order valence-corrected chi connectivity index (χ2v) is 5.61. The van der Waals surface area contributed by atoms with Gasteiger partial charge in [0, 0.05) is 9.37 Å². The molecule has 1 saturated heterocycles. The molecule has 0 radical (unpaired) electrons. The van der Waals surface area contributed by atoms with Gasteiger partial charge < -0.3 is 5.11 Å². The molecule has 1 aromatic rings. The molecule has 6 heteroatoms. The number of β-amino-alcohol motifs (C(OH)–C–C–N with tert-alkyl or cyclic N) is 1. The zero-order valence-electron chi connectivity index (χ0n) is 9.01. The molecular weight excluding hydrogens is 306 g/mol. The van der Waals surface area contributed by atoms with Gasteiger partial charge in [0.2, 0.25) is 0 Å². The Morgan fingerprint density at radius 1 is 1.53 bits per heavy atom. The first kappa shape index (κ1) is 12.9. The Balaban J connectivity index is 1.82. The Kier molecular flexibility index (Phi) is 4.44. The van der Waals surface area contributed by atoms with Crippen molar-refractivity contribution in [3.8, 4) is 0 Å². The summed E-state index contributed by atoms with van der Waals surface area (Å²) in [5.74, 6) is 0.198. The minimum Gasteiger partial charge on any atom is -0.389 e. The number of carbonyl (C=O) groups excluding carboxylic acids is 1. The molecule has 1 aliphatic rings. The molecular formula is C11H12BrNO3S. The maximum atomic E-state index is 11.7. The van der Waals surface area contributed by atoms with E-state index in [1.165, 1.54) is 16.8 Å². The maximum Gasteiger partial charge on any atom is 0.256 e. The zero-order valence-corrected chi connectivity index (χ0v) is 11.4. The Morgan fingerprint density at radius 3 is 2.82 bits per heavy atom. The van der Waals surface area contributed by atoms with Crippen molar-refractivity contribution in [1.82, 2.24) is 5.06 Å². The minimum atomic E-state index is -0.559. The number of rotatable bonds is 3. The van der Waals surface area contributed by atoms with Gasteiger partial charge in [0.25, 0.3) is 5.91 Å². The van der Waals surface area contributed by atoms with Gasteiger partial charge in [-0.05, 0) is 24.3 Å². The van der Waals surface area contributed by atoms with Crippen LogP contribution in [-0.2, 0) is 9.63 Å². The summed E-state index contributed by atoms with van der Waals surface area (Å²) >= 11 is 4.81. The molecule has 1 heterocycles. The molecule has 1 unspecified atom stereocenters. The summed E-state index contributed by atoms with van der Waals surface area (Å²) < 4.78 is 1.01. The molecule has 1 amide bonds. The molecule has 92 valence electrons. The zero-order chi connectivity index (χ0) is 12.3. The minimum absolute atomic E-state index is 0.116. The van der Waals surface area contributed by atoms with Crippen molar-refractivity contribution in [2.45, 2.75) is 11.0 Å². The van der Waals surface area contributed by atoms with E-state index in [1.54, 1.807) is 0 Å². The first-order chi connectivity index (χ1) is 8.15. The molecule has 4 nitrogen and oxygen atoms in total. The Labute approximate surface area is 112 Å². The van der Waals surface area contributed by atoms with Crippen molar-refractivity contribution < 1.29 is 14.7 Å². The van der Waals surface area contributed by atoms with Crippen molar-refractivity contribution in [1.29, 1.82) is 0 Å². The molecule has 0 aliphatic carbocycles. The third-order valence-electron chi connectivity index (χ3n) is 2.25. The fourth-order valence-corrected chi connectivity index (χ4v) is 2.42. The SMILES string of the molecule is O=C(CSc1ccc(Br)cc1)N1CC(O)CO1. The van der Waals surface area contributed by atoms with E-state index in [1.807, 2.05) is 24.3 Å². The molecule has 1 aromatic carbocycles. The van der Waals surface area contributed by atoms with Crippen LogP contribution in [0.25, 0.3) is 0 Å². The van der Waals surface area contributed by atoms with Crippen molar-refractivity contribution in [2.24, 2.45) is 0 Å². The largest absolute Gasteiger partial charge is 0.389 e. The average Bonchev–Trinajstić information content (AvgIpc) is 2.75. The number of nitrogens with zero attached hydrogens (tertiary/aromatic N) is 1. The van der Waals surface area contributed by atoms with Gasteiger partial charge in [0.15, 0.2) is 0 Å². The van der Waals surface area contributed by atoms with Crippen LogP contribution in [-0.4, -0.2) is 41.1 Å². The van der Waals surface area contributed by atoms with Gasteiger partial charge in [-0.2, -0.15) is 0 Å². The summed E-state index contributed by atoms with van der Waals surface area (Å²) in [6.45, 7) is 0.467. The second kappa shape index (κ2) is 5.86. The van der Waals surface area contributed by atoms with Crippen LogP contribution < -0.4 is 0 Å². The first-order valence-electron chi connectivity index (χ1n) is 5.15. The number of hydroxylamine groups is 2. The summed E-state index contributed by atoms with van der Waals surface area (Å²) in [6, 6.07) is 7.76. The summed E-state index contributed by atoms with van der Waals surface area (Å²) in [5.41, 5.74) is 0. The normalized spacial score (nSPS) is 19.6. The first-order valence-corrected chi connectivity index (χ1v) is 6.93. The number of hydrogen-bond donors (Lipinski definition) is 1. The molecule has 1 atom stereocenters. The molecule has 1 aliphatic heterocycles. The van der Waals surface area contributed by atoms with Gasteiger partial charge in [0.1, 0.15) is 6.61 Å². The van der Waals surface area contributed by atoms with E-state index in [4.69, 9.17) is 4.84 Å². The monoisotopic (exact) mass is 317 g/mol. The highest BCUT2D eigenvalue weighted by Crippen LogP contribution is 2.21. The summed E-state index contributed by atoms with van der Waals surface area (Å²) in [4.78, 5) is 17.8. The van der Waals surface area contributed by atoms with Gasteiger partial charge in [0.05, 0.1) is 18.4 Å². The van der Waals surface area contributed by atoms with Crippen LogP contribution in [0.5, 0.6) is 0 Å². The maximum absolute atomic E-state index is 11.7. The third-order valence-corrected chi connectivity index (χ3v) is 3.78. The van der Waals surface area contributed by atoms with Gasteiger partial charge in [-0.3, -0.25) is 9.63 Å². The summed E-state index contributed by atoms with van der Waals surface area (Å²) in [6.07, 6.45) is -0.559. The van der Waals surface area contributed by atoms with Crippen LogP contribution in [0.3, 0.4) is 0 Å². The Bertz CT molecular complexity index is 398. The topological polar surface area (TPSA) is 49.8 Å². The molecule has 0 aromatic heterocycles. The highest BCUT2D eigenvalue weighted by Gasteiger charge is 2.25. The number of amides is 1. The molecule has 1 fully saturated rings. The summed E-state index contributed by atoms with van der Waals surface area (Å²) in [5, 5.41) is 10.5. The van der Waals surface area contributed by atoms with E-state index in [9.17, 15) is 9.90 Å². The molecule has 17 heavy (non-hydrogen) atoms. The van der Waals surface area contributed by atoms with Crippen LogP contribution in [0.1, 0.15) is 0 Å². The molecule has 1 N–H and O–H groups in total. The summed E-state index contributed by atoms with van der Waals surface area (Å²) in [7, 11) is 0. The van der Waals surface area contributed by atoms with E-state index in [0.717, 1.165) is 9.37 Å². The van der Waals surface area contributed by atoms with Gasteiger partial charge in [-0.25, -0.2) is 5.06 Å². The van der Waals surface area contributed by atoms with Crippen LogP contribution in [0.15, 0.2) is 33.6 Å². The van der Waals surface area contributed by atoms with Crippen molar-refractivity contribution >= 4 is 33.6 Å². The lowest BCUT2D eigenvalue weighted by Crippen LogP contribution is -2.29. The number of halogens is 1. The molecule has 0 saturated carbocycles. The number of carbonyl (C=O) groups is 1. The predicted molar refractivity (Wildman–Crippen MR) is 68.5 cm³/mol. The van der Waals surface area contributed by atoms with E-state index in [2.05, 4.69) is 15.9 Å². The number of aliphatic hydroxyl groups excluding tert-OH is 1. The fourth-order valence-electron chi connectivity index (χ4n) is 1.39. The fraction of sp³-hybridized carbons (Fsp3) is 0.364. The van der Waals surface area contributed by atoms with E-state index in [0.29, 0.717) is 5.75 Å². The van der Waals surface area contributed by atoms with Crippen LogP contribution in [0.4, 0.5) is 0 Å². The van der Waals surface area contributed by atoms with E-state index in [-0.39, 0.29) is 19.1 Å². The third kappa shape index (κ3) is 3.70. The standard InChI is InChI=1S/C11H12BrNO3S/c12-8-1-3-10(4-2-8)17-7-11(15)13-5-9(14)6-16-13/h1-4,9,14H,5-7H2. The quantitative estimate of drug-likeness (QED) is 0.862. The van der Waals surface area contributed by atoms with Gasteiger partial charge in [-0.15, -0.1) is 11.8 Å². The predicted octanol–water partition coefficient (Wildman–Crippen LogP) is 1.68. The highest BCUT2D eigenvalue weighted by atomic mass is 79.9. The lowest BCUT2D eigenvalue weighted by Gasteiger charge is -2.13. The lowest BCUT2D eigenvalue weighted by molar-refractivity contribution is -0.165. The smallest absolute Gasteiger partial charge is 0.256 e. The highest BCUT2D eigenvalue weighted by molar-refractivity contribution is 9.10. The number of thioether (sulfide) groups is 1. The van der Waals surface area contributed by atoms with Crippen molar-refractivity contribution in [2.75, 3.05) is 18.9 Å². The van der Waals surface area contributed by atoms with Gasteiger partial charge >= 0.3 is 0 Å². The lowest BCUT2D eigenvalue weighted by atomic mass is 10.4. The molecule has 0 spiro atoms. The number of hydrogen-bond acceptors (Lipinski definition) is 4. The average molecular weight is 318 g/mol. The second-order valence-electron chi connectivity index (χ2n) is 3.65. The van der Waals surface area contributed by atoms with Crippen LogP contribution in [0.2, 0.25) is 0 Å². The van der Waals surface area contributed by atoms with Crippen molar-refractivity contribution in [3.63, 3.8) is 0 Å². The Hall–Kier alpha value is -0.560.